The third-order valence-electron chi connectivity index (χ3n) is 3.34. The summed E-state index contributed by atoms with van der Waals surface area (Å²) in [5.74, 6) is 0. The second kappa shape index (κ2) is 6.31. The van der Waals surface area contributed by atoms with Crippen molar-refractivity contribution in [3.05, 3.63) is 27.7 Å². The van der Waals surface area contributed by atoms with Gasteiger partial charge in [-0.1, -0.05) is 18.6 Å². The highest BCUT2D eigenvalue weighted by atomic mass is 32.1. The van der Waals surface area contributed by atoms with E-state index in [0.717, 1.165) is 6.54 Å². The molecule has 0 radical (unpaired) electrons. The topological polar surface area (TPSA) is 24.9 Å². The van der Waals surface area contributed by atoms with Crippen LogP contribution in [0.1, 0.15) is 55.6 Å². The third kappa shape index (κ3) is 3.17. The Hall–Kier alpha value is -0.670. The highest BCUT2D eigenvalue weighted by Crippen LogP contribution is 2.33. The number of hydrogen-bond donors (Lipinski definition) is 1. The molecule has 1 heterocycles. The van der Waals surface area contributed by atoms with Crippen molar-refractivity contribution in [3.63, 3.8) is 0 Å². The summed E-state index contributed by atoms with van der Waals surface area (Å²) in [6.45, 7) is 5.42. The highest BCUT2D eigenvalue weighted by Gasteiger charge is 2.20. The zero-order chi connectivity index (χ0) is 12.1. The Kier molecular flexibility index (Phi) is 4.75. The number of rotatable bonds is 5. The molecule has 94 valence electrons. The van der Waals surface area contributed by atoms with Crippen molar-refractivity contribution >= 4 is 11.3 Å². The summed E-state index contributed by atoms with van der Waals surface area (Å²) in [6.07, 6.45) is 8.81. The van der Waals surface area contributed by atoms with Crippen molar-refractivity contribution in [1.82, 2.24) is 10.3 Å². The number of aromatic nitrogens is 1. The van der Waals surface area contributed by atoms with Crippen molar-refractivity contribution in [2.45, 2.75) is 52.0 Å². The molecule has 0 aliphatic heterocycles. The first-order chi connectivity index (χ1) is 8.33. The Morgan fingerprint density at radius 2 is 2.35 bits per heavy atom. The van der Waals surface area contributed by atoms with Gasteiger partial charge in [0.1, 0.15) is 0 Å². The summed E-state index contributed by atoms with van der Waals surface area (Å²) in [7, 11) is 0. The maximum absolute atomic E-state index is 4.39. The highest BCUT2D eigenvalue weighted by molar-refractivity contribution is 7.09. The Bertz CT molecular complexity index is 381. The Labute approximate surface area is 108 Å². The van der Waals surface area contributed by atoms with Gasteiger partial charge in [-0.2, -0.15) is 0 Å². The van der Waals surface area contributed by atoms with Gasteiger partial charge < -0.3 is 5.32 Å². The van der Waals surface area contributed by atoms with Crippen LogP contribution in [0.2, 0.25) is 0 Å². The average molecular weight is 250 g/mol. The fraction of sp³-hybridized carbons (Fsp3) is 0.643. The van der Waals surface area contributed by atoms with Crippen LogP contribution in [0.4, 0.5) is 0 Å². The molecule has 0 saturated heterocycles. The van der Waals surface area contributed by atoms with Crippen LogP contribution in [0.15, 0.2) is 17.2 Å². The van der Waals surface area contributed by atoms with Gasteiger partial charge in [0.25, 0.3) is 0 Å². The van der Waals surface area contributed by atoms with E-state index in [1.54, 1.807) is 16.9 Å². The molecule has 0 saturated carbocycles. The number of nitrogens with one attached hydrogen (secondary N) is 1. The first-order valence-corrected chi connectivity index (χ1v) is 7.53. The summed E-state index contributed by atoms with van der Waals surface area (Å²) in [5, 5.41) is 3.68. The summed E-state index contributed by atoms with van der Waals surface area (Å²) in [4.78, 5) is 5.80. The van der Waals surface area contributed by atoms with Gasteiger partial charge in [0.2, 0.25) is 0 Å². The maximum Gasteiger partial charge on any atom is 0.0798 e. The smallest absolute Gasteiger partial charge is 0.0798 e. The molecule has 0 amide bonds. The molecule has 17 heavy (non-hydrogen) atoms. The first-order valence-electron chi connectivity index (χ1n) is 6.65. The minimum Gasteiger partial charge on any atom is -0.306 e. The van der Waals surface area contributed by atoms with Gasteiger partial charge in [-0.25, -0.2) is 4.98 Å². The van der Waals surface area contributed by atoms with Gasteiger partial charge in [0.05, 0.1) is 17.2 Å². The molecule has 1 aromatic rings. The van der Waals surface area contributed by atoms with Crippen LogP contribution in [-0.4, -0.2) is 11.5 Å². The van der Waals surface area contributed by atoms with Crippen molar-refractivity contribution in [2.24, 2.45) is 0 Å². The molecule has 1 aliphatic carbocycles. The molecule has 0 aromatic carbocycles. The van der Waals surface area contributed by atoms with Crippen LogP contribution in [0, 0.1) is 6.92 Å². The second-order valence-electron chi connectivity index (χ2n) is 4.71. The minimum atomic E-state index is 0.419. The molecule has 1 unspecified atom stereocenters. The lowest BCUT2D eigenvalue weighted by molar-refractivity contribution is 0.550. The Balaban J connectivity index is 2.18. The summed E-state index contributed by atoms with van der Waals surface area (Å²) >= 11 is 1.79. The number of thiazole rings is 1. The molecule has 3 heteroatoms. The zero-order valence-corrected chi connectivity index (χ0v) is 11.6. The fourth-order valence-corrected chi connectivity index (χ4v) is 3.31. The van der Waals surface area contributed by atoms with Gasteiger partial charge in [-0.05, 0) is 45.6 Å². The van der Waals surface area contributed by atoms with E-state index in [4.69, 9.17) is 0 Å². The van der Waals surface area contributed by atoms with E-state index in [0.29, 0.717) is 6.04 Å². The Morgan fingerprint density at radius 1 is 1.47 bits per heavy atom. The molecule has 1 atom stereocenters. The lowest BCUT2D eigenvalue weighted by Gasteiger charge is -2.24. The van der Waals surface area contributed by atoms with E-state index in [2.05, 4.69) is 30.2 Å². The molecule has 0 fully saturated rings. The largest absolute Gasteiger partial charge is 0.306 e. The number of nitrogens with zero attached hydrogens (tertiary/aromatic N) is 1. The minimum absolute atomic E-state index is 0.419. The van der Waals surface area contributed by atoms with Crippen LogP contribution in [-0.2, 0) is 0 Å². The molecule has 1 aliphatic rings. The van der Waals surface area contributed by atoms with E-state index in [1.807, 2.05) is 5.51 Å². The Morgan fingerprint density at radius 3 is 2.94 bits per heavy atom. The van der Waals surface area contributed by atoms with Crippen molar-refractivity contribution < 1.29 is 0 Å². The molecule has 2 nitrogen and oxygen atoms in total. The normalized spacial score (nSPS) is 17.9. The van der Waals surface area contributed by atoms with E-state index in [-0.39, 0.29) is 0 Å². The maximum atomic E-state index is 4.39. The quantitative estimate of drug-likeness (QED) is 0.799. The van der Waals surface area contributed by atoms with Gasteiger partial charge in [0, 0.05) is 4.88 Å². The van der Waals surface area contributed by atoms with Crippen molar-refractivity contribution in [2.75, 3.05) is 6.54 Å². The molecule has 1 N–H and O–H groups in total. The predicted octanol–water partition coefficient (Wildman–Crippen LogP) is 3.99. The molecule has 0 spiro atoms. The van der Waals surface area contributed by atoms with Crippen LogP contribution in [0.25, 0.3) is 0 Å². The number of aryl methyl sites for hydroxylation is 1. The van der Waals surface area contributed by atoms with Crippen molar-refractivity contribution in [3.8, 4) is 0 Å². The summed E-state index contributed by atoms with van der Waals surface area (Å²) < 4.78 is 0. The van der Waals surface area contributed by atoms with Gasteiger partial charge in [-0.3, -0.25) is 0 Å². The average Bonchev–Trinajstić information content (AvgIpc) is 2.78. The predicted molar refractivity (Wildman–Crippen MR) is 74.4 cm³/mol. The third-order valence-corrected chi connectivity index (χ3v) is 4.34. The van der Waals surface area contributed by atoms with E-state index in [1.165, 1.54) is 42.7 Å². The summed E-state index contributed by atoms with van der Waals surface area (Å²) in [6, 6.07) is 0.419. The number of hydrogen-bond acceptors (Lipinski definition) is 3. The summed E-state index contributed by atoms with van der Waals surface area (Å²) in [5.41, 5.74) is 4.74. The van der Waals surface area contributed by atoms with E-state index >= 15 is 0 Å². The molecular formula is C14H22N2S. The lowest BCUT2D eigenvalue weighted by Crippen LogP contribution is -2.24. The van der Waals surface area contributed by atoms with E-state index < -0.39 is 0 Å². The first kappa shape index (κ1) is 12.8. The molecular weight excluding hydrogens is 228 g/mol. The molecule has 2 rings (SSSR count). The standard InChI is InChI=1S/C14H22N2S/c1-3-9-15-13(12-7-5-4-6-8-12)14-11(2)16-10-17-14/h7,10,13,15H,3-6,8-9H2,1-2H3. The van der Waals surface area contributed by atoms with Crippen molar-refractivity contribution in [1.29, 1.82) is 0 Å². The van der Waals surface area contributed by atoms with Gasteiger partial charge >= 0.3 is 0 Å². The molecule has 1 aromatic heterocycles. The van der Waals surface area contributed by atoms with Gasteiger partial charge in [-0.15, -0.1) is 11.3 Å². The SMILES string of the molecule is CCCNC(C1=CCCCC1)c1scnc1C. The van der Waals surface area contributed by atoms with Gasteiger partial charge in [0.15, 0.2) is 0 Å². The fourth-order valence-electron chi connectivity index (χ4n) is 2.39. The lowest BCUT2D eigenvalue weighted by atomic mass is 9.92. The van der Waals surface area contributed by atoms with Crippen LogP contribution >= 0.6 is 11.3 Å². The number of allylic oxidation sites excluding steroid dienone is 1. The molecule has 0 bridgehead atoms. The van der Waals surface area contributed by atoms with Crippen LogP contribution < -0.4 is 5.32 Å². The monoisotopic (exact) mass is 250 g/mol. The second-order valence-corrected chi connectivity index (χ2v) is 5.60. The van der Waals surface area contributed by atoms with E-state index in [9.17, 15) is 0 Å². The van der Waals surface area contributed by atoms with Crippen LogP contribution in [0.5, 0.6) is 0 Å². The van der Waals surface area contributed by atoms with Crippen LogP contribution in [0.3, 0.4) is 0 Å². The zero-order valence-electron chi connectivity index (χ0n) is 10.8.